The lowest BCUT2D eigenvalue weighted by molar-refractivity contribution is -0.0303. The molecule has 1 aromatic carbocycles. The van der Waals surface area contributed by atoms with Crippen molar-refractivity contribution in [3.63, 3.8) is 0 Å². The maximum Gasteiger partial charge on any atom is 0.319 e. The molecule has 0 atom stereocenters. The van der Waals surface area contributed by atoms with Crippen molar-refractivity contribution in [3.8, 4) is 11.9 Å². The lowest BCUT2D eigenvalue weighted by Gasteiger charge is -2.38. The number of nitrogens with zero attached hydrogens (tertiary/aromatic N) is 3. The topological polar surface area (TPSA) is 83.5 Å². The van der Waals surface area contributed by atoms with E-state index < -0.39 is 5.60 Å². The van der Waals surface area contributed by atoms with Gasteiger partial charge in [-0.05, 0) is 45.2 Å². The van der Waals surface area contributed by atoms with Crippen LogP contribution in [0.1, 0.15) is 43.5 Å². The molecule has 1 aliphatic heterocycles. The molecule has 0 unspecified atom stereocenters. The molecule has 0 amide bonds. The van der Waals surface area contributed by atoms with Gasteiger partial charge in [0.25, 0.3) is 0 Å². The Bertz CT molecular complexity index is 1010. The van der Waals surface area contributed by atoms with Gasteiger partial charge in [0, 0.05) is 42.4 Å². The van der Waals surface area contributed by atoms with Crippen molar-refractivity contribution in [2.24, 2.45) is 0 Å². The summed E-state index contributed by atoms with van der Waals surface area (Å²) in [6, 6.07) is 8.69. The van der Waals surface area contributed by atoms with Crippen molar-refractivity contribution in [1.29, 1.82) is 0 Å². The smallest absolute Gasteiger partial charge is 0.319 e. The Morgan fingerprint density at radius 3 is 2.60 bits per heavy atom. The second kappa shape index (κ2) is 8.62. The zero-order valence-corrected chi connectivity index (χ0v) is 17.9. The van der Waals surface area contributed by atoms with Crippen molar-refractivity contribution in [2.75, 3.05) is 26.3 Å². The third kappa shape index (κ3) is 4.00. The van der Waals surface area contributed by atoms with Crippen molar-refractivity contribution < 1.29 is 14.6 Å². The first-order chi connectivity index (χ1) is 14.5. The third-order valence-corrected chi connectivity index (χ3v) is 5.88. The van der Waals surface area contributed by atoms with Gasteiger partial charge in [0.2, 0.25) is 5.88 Å². The first-order valence-corrected chi connectivity index (χ1v) is 10.7. The van der Waals surface area contributed by atoms with Gasteiger partial charge in [0.05, 0.1) is 24.4 Å². The van der Waals surface area contributed by atoms with Gasteiger partial charge in [0.1, 0.15) is 0 Å². The fourth-order valence-corrected chi connectivity index (χ4v) is 4.23. The van der Waals surface area contributed by atoms with E-state index in [1.165, 1.54) is 22.2 Å². The second-order valence-electron chi connectivity index (χ2n) is 7.82. The minimum atomic E-state index is -0.999. The normalized spacial score (nSPS) is 16.7. The summed E-state index contributed by atoms with van der Waals surface area (Å²) in [5, 5.41) is 12.7. The molecule has 160 valence electrons. The van der Waals surface area contributed by atoms with E-state index in [-0.39, 0.29) is 6.01 Å². The molecular weight excluding hydrogens is 380 g/mol. The molecule has 0 radical (unpaired) electrons. The maximum atomic E-state index is 11.4. The minimum Gasteiger partial charge on any atom is -0.478 e. The van der Waals surface area contributed by atoms with E-state index in [0.717, 1.165) is 19.6 Å². The van der Waals surface area contributed by atoms with E-state index in [1.54, 1.807) is 6.20 Å². The summed E-state index contributed by atoms with van der Waals surface area (Å²) in [6.45, 7) is 9.31. The first kappa shape index (κ1) is 20.6. The summed E-state index contributed by atoms with van der Waals surface area (Å²) in [6.07, 6.45) is 2.86. The quantitative estimate of drug-likeness (QED) is 0.620. The maximum absolute atomic E-state index is 11.4. The van der Waals surface area contributed by atoms with Crippen LogP contribution >= 0.6 is 0 Å². The highest BCUT2D eigenvalue weighted by Crippen LogP contribution is 2.38. The number of aromatic nitrogens is 3. The second-order valence-corrected chi connectivity index (χ2v) is 7.82. The molecule has 3 aromatic rings. The van der Waals surface area contributed by atoms with Crippen LogP contribution < -0.4 is 9.47 Å². The summed E-state index contributed by atoms with van der Waals surface area (Å²) >= 11 is 0. The van der Waals surface area contributed by atoms with E-state index in [0.29, 0.717) is 37.5 Å². The van der Waals surface area contributed by atoms with Gasteiger partial charge in [-0.3, -0.25) is 4.90 Å². The molecule has 0 bridgehead atoms. The number of likely N-dealkylation sites (tertiary alicyclic amines) is 1. The summed E-state index contributed by atoms with van der Waals surface area (Å²) in [4.78, 5) is 14.5. The number of hydrogen-bond acceptors (Lipinski definition) is 6. The molecule has 30 heavy (non-hydrogen) atoms. The number of piperidine rings is 1. The standard InChI is InChI=1S/C23H30N4O3/c1-4-29-21-19(14-24-22(26-21)30-5-2)23(28)10-12-27(13-11-23)15-18-16(3)25-20-9-7-6-8-17(18)20/h6-9,14,25,28H,4-5,10-13,15H2,1-3H3. The Hall–Kier alpha value is -2.64. The highest BCUT2D eigenvalue weighted by Gasteiger charge is 2.38. The fourth-order valence-electron chi connectivity index (χ4n) is 4.23. The molecule has 1 saturated heterocycles. The molecule has 0 aliphatic carbocycles. The third-order valence-electron chi connectivity index (χ3n) is 5.88. The van der Waals surface area contributed by atoms with Crippen molar-refractivity contribution in [1.82, 2.24) is 19.9 Å². The lowest BCUT2D eigenvalue weighted by Crippen LogP contribution is -2.42. The minimum absolute atomic E-state index is 0.278. The molecule has 0 spiro atoms. The number of aliphatic hydroxyl groups is 1. The number of H-pyrrole nitrogens is 1. The average molecular weight is 411 g/mol. The highest BCUT2D eigenvalue weighted by atomic mass is 16.5. The van der Waals surface area contributed by atoms with Crippen LogP contribution in [0.15, 0.2) is 30.5 Å². The van der Waals surface area contributed by atoms with Gasteiger partial charge in [-0.2, -0.15) is 4.98 Å². The number of aryl methyl sites for hydroxylation is 1. The van der Waals surface area contributed by atoms with E-state index in [1.807, 2.05) is 13.8 Å². The van der Waals surface area contributed by atoms with Crippen LogP contribution in [-0.4, -0.2) is 51.3 Å². The Morgan fingerprint density at radius 2 is 1.87 bits per heavy atom. The number of fused-ring (bicyclic) bond motifs is 1. The first-order valence-electron chi connectivity index (χ1n) is 10.7. The molecule has 2 N–H and O–H groups in total. The van der Waals surface area contributed by atoms with Crippen molar-refractivity contribution in [2.45, 2.75) is 45.8 Å². The van der Waals surface area contributed by atoms with Crippen LogP contribution in [0.3, 0.4) is 0 Å². The summed E-state index contributed by atoms with van der Waals surface area (Å²) in [5.74, 6) is 0.416. The van der Waals surface area contributed by atoms with Crippen LogP contribution in [0, 0.1) is 6.92 Å². The number of rotatable bonds is 7. The number of ether oxygens (including phenoxy) is 2. The Labute approximate surface area is 177 Å². The van der Waals surface area contributed by atoms with Crippen LogP contribution in [0.4, 0.5) is 0 Å². The predicted molar refractivity (Wildman–Crippen MR) is 116 cm³/mol. The van der Waals surface area contributed by atoms with Gasteiger partial charge in [0.15, 0.2) is 0 Å². The largest absolute Gasteiger partial charge is 0.478 e. The van der Waals surface area contributed by atoms with E-state index in [9.17, 15) is 5.11 Å². The van der Waals surface area contributed by atoms with Crippen LogP contribution in [0.2, 0.25) is 0 Å². The summed E-state index contributed by atoms with van der Waals surface area (Å²) < 4.78 is 11.1. The van der Waals surface area contributed by atoms with E-state index in [4.69, 9.17) is 9.47 Å². The Kier molecular flexibility index (Phi) is 5.92. The van der Waals surface area contributed by atoms with E-state index in [2.05, 4.69) is 51.0 Å². The van der Waals surface area contributed by atoms with Gasteiger partial charge < -0.3 is 19.6 Å². The zero-order valence-electron chi connectivity index (χ0n) is 17.9. The van der Waals surface area contributed by atoms with Gasteiger partial charge in [-0.15, -0.1) is 0 Å². The van der Waals surface area contributed by atoms with Crippen LogP contribution in [0.25, 0.3) is 10.9 Å². The molecule has 7 nitrogen and oxygen atoms in total. The van der Waals surface area contributed by atoms with Gasteiger partial charge in [-0.25, -0.2) is 4.98 Å². The Balaban J connectivity index is 1.50. The van der Waals surface area contributed by atoms with Gasteiger partial charge >= 0.3 is 6.01 Å². The molecule has 0 saturated carbocycles. The summed E-state index contributed by atoms with van der Waals surface area (Å²) in [7, 11) is 0. The predicted octanol–water partition coefficient (Wildman–Crippen LogP) is 3.55. The number of benzene rings is 1. The number of para-hydroxylation sites is 1. The fraction of sp³-hybridized carbons (Fsp3) is 0.478. The Morgan fingerprint density at radius 1 is 1.13 bits per heavy atom. The van der Waals surface area contributed by atoms with Crippen molar-refractivity contribution >= 4 is 10.9 Å². The number of aromatic amines is 1. The van der Waals surface area contributed by atoms with Crippen molar-refractivity contribution in [3.05, 3.63) is 47.3 Å². The molecule has 1 fully saturated rings. The summed E-state index contributed by atoms with van der Waals surface area (Å²) in [5.41, 5.74) is 3.36. The van der Waals surface area contributed by atoms with Crippen LogP contribution in [0.5, 0.6) is 11.9 Å². The highest BCUT2D eigenvalue weighted by molar-refractivity contribution is 5.84. The molecule has 7 heteroatoms. The molecule has 4 rings (SSSR count). The zero-order chi connectivity index (χ0) is 21.1. The average Bonchev–Trinajstić information content (AvgIpc) is 3.05. The van der Waals surface area contributed by atoms with Gasteiger partial charge in [-0.1, -0.05) is 18.2 Å². The number of hydrogen-bond donors (Lipinski definition) is 2. The number of nitrogens with one attached hydrogen (secondary N) is 1. The monoisotopic (exact) mass is 410 g/mol. The SMILES string of the molecule is CCOc1ncc(C2(O)CCN(Cc3c(C)[nH]c4ccccc34)CC2)c(OCC)n1. The molecule has 3 heterocycles. The molecular formula is C23H30N4O3. The molecule has 2 aromatic heterocycles. The van der Waals surface area contributed by atoms with Crippen LogP contribution in [-0.2, 0) is 12.1 Å². The van der Waals surface area contributed by atoms with E-state index >= 15 is 0 Å². The lowest BCUT2D eigenvalue weighted by atomic mass is 9.85. The molecule has 1 aliphatic rings.